The second-order valence-electron chi connectivity index (χ2n) is 7.23. The molecule has 1 atom stereocenters. The topological polar surface area (TPSA) is 41.5 Å². The second kappa shape index (κ2) is 8.43. The first-order valence-corrected chi connectivity index (χ1v) is 8.52. The summed E-state index contributed by atoms with van der Waals surface area (Å²) in [6, 6.07) is 16.8. The first kappa shape index (κ1) is 18.7. The molecule has 0 aromatic heterocycles. The van der Waals surface area contributed by atoms with Crippen molar-refractivity contribution in [1.82, 2.24) is 5.32 Å². The van der Waals surface area contributed by atoms with Crippen LogP contribution in [0.15, 0.2) is 48.5 Å². The minimum absolute atomic E-state index is 0.0797. The van der Waals surface area contributed by atoms with Crippen LogP contribution in [-0.2, 0) is 24.5 Å². The third-order valence-corrected chi connectivity index (χ3v) is 3.91. The third-order valence-electron chi connectivity index (χ3n) is 3.91. The fourth-order valence-corrected chi connectivity index (χ4v) is 2.48. The van der Waals surface area contributed by atoms with Crippen molar-refractivity contribution < 1.29 is 9.84 Å². The smallest absolute Gasteiger partial charge is 0.0724 e. The maximum absolute atomic E-state index is 9.26. The highest BCUT2D eigenvalue weighted by atomic mass is 16.5. The van der Waals surface area contributed by atoms with E-state index in [-0.39, 0.29) is 18.2 Å². The maximum Gasteiger partial charge on any atom is 0.0724 e. The van der Waals surface area contributed by atoms with Crippen molar-refractivity contribution in [2.75, 3.05) is 0 Å². The SMILES string of the molecule is CC(NCc1cccc(COC(C)(C)C)c1)c1cccc(CO)c1. The molecule has 0 spiro atoms. The molecule has 0 fully saturated rings. The van der Waals surface area contributed by atoms with Crippen molar-refractivity contribution >= 4 is 0 Å². The quantitative estimate of drug-likeness (QED) is 0.794. The predicted octanol–water partition coefficient (Wildman–Crippen LogP) is 4.34. The van der Waals surface area contributed by atoms with Crippen molar-refractivity contribution in [3.05, 3.63) is 70.8 Å². The summed E-state index contributed by atoms with van der Waals surface area (Å²) in [4.78, 5) is 0. The largest absolute Gasteiger partial charge is 0.392 e. The summed E-state index contributed by atoms with van der Waals surface area (Å²) in [5, 5.41) is 12.8. The number of benzene rings is 2. The molecular formula is C21H29NO2. The Morgan fingerprint density at radius 2 is 1.67 bits per heavy atom. The lowest BCUT2D eigenvalue weighted by atomic mass is 10.0. The van der Waals surface area contributed by atoms with Crippen molar-refractivity contribution in [3.8, 4) is 0 Å². The first-order valence-electron chi connectivity index (χ1n) is 8.52. The number of nitrogens with one attached hydrogen (secondary N) is 1. The molecule has 2 rings (SSSR count). The van der Waals surface area contributed by atoms with Crippen LogP contribution in [0.1, 0.15) is 56.0 Å². The lowest BCUT2D eigenvalue weighted by Crippen LogP contribution is -2.19. The lowest BCUT2D eigenvalue weighted by molar-refractivity contribution is -0.0149. The van der Waals surface area contributed by atoms with Gasteiger partial charge in [-0.1, -0.05) is 48.5 Å². The van der Waals surface area contributed by atoms with Gasteiger partial charge >= 0.3 is 0 Å². The van der Waals surface area contributed by atoms with Gasteiger partial charge < -0.3 is 15.2 Å². The summed E-state index contributed by atoms with van der Waals surface area (Å²) < 4.78 is 5.85. The molecule has 0 amide bonds. The van der Waals surface area contributed by atoms with Gasteiger partial charge in [-0.2, -0.15) is 0 Å². The van der Waals surface area contributed by atoms with Gasteiger partial charge in [0.15, 0.2) is 0 Å². The lowest BCUT2D eigenvalue weighted by Gasteiger charge is -2.20. The molecule has 3 heteroatoms. The van der Waals surface area contributed by atoms with E-state index in [1.807, 2.05) is 18.2 Å². The van der Waals surface area contributed by atoms with E-state index in [4.69, 9.17) is 4.74 Å². The Balaban J connectivity index is 1.93. The third kappa shape index (κ3) is 6.08. The van der Waals surface area contributed by atoms with Gasteiger partial charge in [0.1, 0.15) is 0 Å². The average Bonchev–Trinajstić information content (AvgIpc) is 2.57. The molecular weight excluding hydrogens is 298 g/mol. The summed E-state index contributed by atoms with van der Waals surface area (Å²) >= 11 is 0. The Labute approximate surface area is 145 Å². The van der Waals surface area contributed by atoms with E-state index in [0.29, 0.717) is 6.61 Å². The van der Waals surface area contributed by atoms with Gasteiger partial charge in [-0.25, -0.2) is 0 Å². The van der Waals surface area contributed by atoms with Crippen LogP contribution in [0, 0.1) is 0 Å². The Morgan fingerprint density at radius 3 is 2.38 bits per heavy atom. The zero-order valence-corrected chi connectivity index (χ0v) is 15.2. The van der Waals surface area contributed by atoms with Crippen molar-refractivity contribution in [2.24, 2.45) is 0 Å². The molecule has 130 valence electrons. The zero-order valence-electron chi connectivity index (χ0n) is 15.2. The average molecular weight is 327 g/mol. The summed E-state index contributed by atoms with van der Waals surface area (Å²) in [7, 11) is 0. The Bertz CT molecular complexity index is 646. The van der Waals surface area contributed by atoms with Crippen LogP contribution in [0.3, 0.4) is 0 Å². The molecule has 0 aliphatic rings. The van der Waals surface area contributed by atoms with Gasteiger partial charge in [0.25, 0.3) is 0 Å². The number of hydrogen-bond acceptors (Lipinski definition) is 3. The van der Waals surface area contributed by atoms with Gasteiger partial charge in [0.2, 0.25) is 0 Å². The highest BCUT2D eigenvalue weighted by Crippen LogP contribution is 2.16. The Morgan fingerprint density at radius 1 is 1.00 bits per heavy atom. The van der Waals surface area contributed by atoms with Crippen LogP contribution in [0.25, 0.3) is 0 Å². The maximum atomic E-state index is 9.26. The van der Waals surface area contributed by atoms with Crippen LogP contribution in [0.4, 0.5) is 0 Å². The van der Waals surface area contributed by atoms with Crippen LogP contribution < -0.4 is 5.32 Å². The van der Waals surface area contributed by atoms with Gasteiger partial charge in [-0.05, 0) is 49.9 Å². The standard InChI is InChI=1S/C21H29NO2/c1-16(20-10-6-8-18(12-20)14-23)22-13-17-7-5-9-19(11-17)15-24-21(2,3)4/h5-12,16,22-23H,13-15H2,1-4H3. The number of aliphatic hydroxyl groups excluding tert-OH is 1. The van der Waals surface area contributed by atoms with Gasteiger partial charge in [-0.3, -0.25) is 0 Å². The van der Waals surface area contributed by atoms with E-state index in [1.54, 1.807) is 0 Å². The number of hydrogen-bond donors (Lipinski definition) is 2. The molecule has 0 saturated carbocycles. The molecule has 0 saturated heterocycles. The molecule has 1 unspecified atom stereocenters. The van der Waals surface area contributed by atoms with E-state index in [9.17, 15) is 5.11 Å². The van der Waals surface area contributed by atoms with Crippen LogP contribution in [-0.4, -0.2) is 10.7 Å². The van der Waals surface area contributed by atoms with E-state index >= 15 is 0 Å². The van der Waals surface area contributed by atoms with Gasteiger partial charge in [0.05, 0.1) is 18.8 Å². The van der Waals surface area contributed by atoms with E-state index in [1.165, 1.54) is 16.7 Å². The molecule has 24 heavy (non-hydrogen) atoms. The van der Waals surface area contributed by atoms with Crippen LogP contribution >= 0.6 is 0 Å². The Kier molecular flexibility index (Phi) is 6.55. The molecule has 0 radical (unpaired) electrons. The Hall–Kier alpha value is -1.68. The van der Waals surface area contributed by atoms with E-state index < -0.39 is 0 Å². The summed E-state index contributed by atoms with van der Waals surface area (Å²) in [6.45, 7) is 9.86. The predicted molar refractivity (Wildman–Crippen MR) is 98.6 cm³/mol. The fraction of sp³-hybridized carbons (Fsp3) is 0.429. The number of rotatable bonds is 7. The monoisotopic (exact) mass is 327 g/mol. The second-order valence-corrected chi connectivity index (χ2v) is 7.23. The van der Waals surface area contributed by atoms with Crippen LogP contribution in [0.2, 0.25) is 0 Å². The van der Waals surface area contributed by atoms with Crippen molar-refractivity contribution in [2.45, 2.75) is 59.1 Å². The molecule has 3 nitrogen and oxygen atoms in total. The zero-order chi connectivity index (χ0) is 17.6. The molecule has 2 N–H and O–H groups in total. The molecule has 2 aromatic rings. The van der Waals surface area contributed by atoms with Gasteiger partial charge in [-0.15, -0.1) is 0 Å². The van der Waals surface area contributed by atoms with Gasteiger partial charge in [0, 0.05) is 12.6 Å². The fourth-order valence-electron chi connectivity index (χ4n) is 2.48. The highest BCUT2D eigenvalue weighted by Gasteiger charge is 2.10. The highest BCUT2D eigenvalue weighted by molar-refractivity contribution is 5.26. The summed E-state index contributed by atoms with van der Waals surface area (Å²) in [5.74, 6) is 0. The normalized spacial score (nSPS) is 13.0. The van der Waals surface area contributed by atoms with E-state index in [2.05, 4.69) is 63.3 Å². The molecule has 0 bridgehead atoms. The molecule has 0 aliphatic carbocycles. The van der Waals surface area contributed by atoms with E-state index in [0.717, 1.165) is 12.1 Å². The summed E-state index contributed by atoms with van der Waals surface area (Å²) in [5.41, 5.74) is 4.45. The minimum atomic E-state index is -0.125. The van der Waals surface area contributed by atoms with Crippen LogP contribution in [0.5, 0.6) is 0 Å². The van der Waals surface area contributed by atoms with Crippen molar-refractivity contribution in [1.29, 1.82) is 0 Å². The van der Waals surface area contributed by atoms with Crippen molar-refractivity contribution in [3.63, 3.8) is 0 Å². The number of aliphatic hydroxyl groups is 1. The summed E-state index contributed by atoms with van der Waals surface area (Å²) in [6.07, 6.45) is 0. The minimum Gasteiger partial charge on any atom is -0.392 e. The molecule has 0 heterocycles. The number of ether oxygens (including phenoxy) is 1. The first-order chi connectivity index (χ1) is 11.4. The molecule has 2 aromatic carbocycles. The molecule has 0 aliphatic heterocycles.